The maximum absolute atomic E-state index is 12.4. The van der Waals surface area contributed by atoms with Gasteiger partial charge >= 0.3 is 0 Å². The standard InChI is InChI=1S/C18H17N3O3S/c1-14-5-7-15(8-6-14)25(22,23)24-13-16(17-4-2-3-9-20-17)18-12-19-10-11-21-18/h2-12,16H,13H2,1H3. The van der Waals surface area contributed by atoms with Gasteiger partial charge in [-0.2, -0.15) is 8.42 Å². The van der Waals surface area contributed by atoms with Crippen LogP contribution in [0.15, 0.2) is 72.1 Å². The van der Waals surface area contributed by atoms with Crippen LogP contribution in [0, 0.1) is 6.92 Å². The maximum Gasteiger partial charge on any atom is 0.297 e. The fourth-order valence-electron chi connectivity index (χ4n) is 2.33. The molecule has 2 heterocycles. The fourth-order valence-corrected chi connectivity index (χ4v) is 3.25. The summed E-state index contributed by atoms with van der Waals surface area (Å²) < 4.78 is 30.2. The fraction of sp³-hybridized carbons (Fsp3) is 0.167. The van der Waals surface area contributed by atoms with Gasteiger partial charge in [0.25, 0.3) is 10.1 Å². The van der Waals surface area contributed by atoms with Crippen LogP contribution in [0.4, 0.5) is 0 Å². The van der Waals surface area contributed by atoms with E-state index in [1.54, 1.807) is 49.1 Å². The summed E-state index contributed by atoms with van der Waals surface area (Å²) in [6, 6.07) is 12.0. The van der Waals surface area contributed by atoms with Crippen LogP contribution in [0.2, 0.25) is 0 Å². The molecule has 7 heteroatoms. The van der Waals surface area contributed by atoms with E-state index in [0.717, 1.165) is 5.56 Å². The van der Waals surface area contributed by atoms with Gasteiger partial charge in [-0.05, 0) is 31.2 Å². The van der Waals surface area contributed by atoms with Crippen molar-refractivity contribution in [2.45, 2.75) is 17.7 Å². The topological polar surface area (TPSA) is 82.0 Å². The second kappa shape index (κ2) is 7.50. The molecule has 0 spiro atoms. The van der Waals surface area contributed by atoms with E-state index >= 15 is 0 Å². The molecule has 0 amide bonds. The summed E-state index contributed by atoms with van der Waals surface area (Å²) in [5.41, 5.74) is 2.24. The molecule has 1 aromatic carbocycles. The van der Waals surface area contributed by atoms with E-state index in [9.17, 15) is 8.42 Å². The molecule has 0 saturated carbocycles. The van der Waals surface area contributed by atoms with Crippen LogP contribution >= 0.6 is 0 Å². The van der Waals surface area contributed by atoms with Gasteiger partial charge in [0.1, 0.15) is 0 Å². The summed E-state index contributed by atoms with van der Waals surface area (Å²) >= 11 is 0. The van der Waals surface area contributed by atoms with E-state index in [1.807, 2.05) is 13.0 Å². The Morgan fingerprint density at radius 1 is 0.960 bits per heavy atom. The first-order valence-corrected chi connectivity index (χ1v) is 9.10. The van der Waals surface area contributed by atoms with Crippen molar-refractivity contribution in [1.82, 2.24) is 15.0 Å². The van der Waals surface area contributed by atoms with Gasteiger partial charge in [0.15, 0.2) is 0 Å². The molecular formula is C18H17N3O3S. The zero-order valence-electron chi connectivity index (χ0n) is 13.6. The zero-order valence-corrected chi connectivity index (χ0v) is 14.4. The third-order valence-corrected chi connectivity index (χ3v) is 4.98. The van der Waals surface area contributed by atoms with Crippen LogP contribution in [0.25, 0.3) is 0 Å². The van der Waals surface area contributed by atoms with Crippen LogP contribution in [0.3, 0.4) is 0 Å². The summed E-state index contributed by atoms with van der Waals surface area (Å²) in [6.45, 7) is 1.79. The number of nitrogens with zero attached hydrogens (tertiary/aromatic N) is 3. The van der Waals surface area contributed by atoms with Gasteiger partial charge in [-0.25, -0.2) is 0 Å². The molecule has 0 saturated heterocycles. The quantitative estimate of drug-likeness (QED) is 0.632. The number of pyridine rings is 1. The Morgan fingerprint density at radius 3 is 2.36 bits per heavy atom. The summed E-state index contributed by atoms with van der Waals surface area (Å²) in [5, 5.41) is 0. The van der Waals surface area contributed by atoms with Gasteiger partial charge in [0.2, 0.25) is 0 Å². The molecule has 0 fully saturated rings. The van der Waals surface area contributed by atoms with Gasteiger partial charge < -0.3 is 0 Å². The van der Waals surface area contributed by atoms with Crippen LogP contribution < -0.4 is 0 Å². The summed E-state index contributed by atoms with van der Waals surface area (Å²) in [7, 11) is -3.86. The molecule has 0 aliphatic rings. The Morgan fingerprint density at radius 2 is 1.72 bits per heavy atom. The molecule has 1 unspecified atom stereocenters. The lowest BCUT2D eigenvalue weighted by atomic mass is 10.0. The van der Waals surface area contributed by atoms with E-state index in [4.69, 9.17) is 4.18 Å². The molecular weight excluding hydrogens is 338 g/mol. The van der Waals surface area contributed by atoms with Crippen molar-refractivity contribution in [3.05, 3.63) is 84.2 Å². The minimum Gasteiger partial charge on any atom is -0.265 e. The van der Waals surface area contributed by atoms with Crippen LogP contribution in [-0.2, 0) is 14.3 Å². The number of hydrogen-bond donors (Lipinski definition) is 0. The molecule has 0 bridgehead atoms. The molecule has 2 aromatic heterocycles. The highest BCUT2D eigenvalue weighted by Crippen LogP contribution is 2.23. The smallest absolute Gasteiger partial charge is 0.265 e. The van der Waals surface area contributed by atoms with Gasteiger partial charge in [-0.3, -0.25) is 19.1 Å². The van der Waals surface area contributed by atoms with E-state index < -0.39 is 16.0 Å². The van der Waals surface area contributed by atoms with Crippen molar-refractivity contribution in [3.63, 3.8) is 0 Å². The Labute approximate surface area is 146 Å². The zero-order chi connectivity index (χ0) is 17.7. The van der Waals surface area contributed by atoms with Gasteiger partial charge in [-0.1, -0.05) is 23.8 Å². The van der Waals surface area contributed by atoms with Crippen molar-refractivity contribution in [2.75, 3.05) is 6.61 Å². The average Bonchev–Trinajstić information content (AvgIpc) is 2.64. The molecule has 0 radical (unpaired) electrons. The third kappa shape index (κ3) is 4.26. The second-order valence-electron chi connectivity index (χ2n) is 5.49. The first kappa shape index (κ1) is 17.2. The molecule has 0 aliphatic heterocycles. The minimum atomic E-state index is -3.86. The van der Waals surface area contributed by atoms with E-state index in [-0.39, 0.29) is 11.5 Å². The number of hydrogen-bond acceptors (Lipinski definition) is 6. The van der Waals surface area contributed by atoms with Gasteiger partial charge in [-0.15, -0.1) is 0 Å². The van der Waals surface area contributed by atoms with Crippen LogP contribution in [-0.4, -0.2) is 30.0 Å². The molecule has 1 atom stereocenters. The lowest BCUT2D eigenvalue weighted by Gasteiger charge is -2.15. The first-order valence-electron chi connectivity index (χ1n) is 7.69. The minimum absolute atomic E-state index is 0.105. The molecule has 0 N–H and O–H groups in total. The average molecular weight is 355 g/mol. The predicted molar refractivity (Wildman–Crippen MR) is 92.4 cm³/mol. The number of aryl methyl sites for hydroxylation is 1. The molecule has 128 valence electrons. The Bertz CT molecular complexity index is 875. The summed E-state index contributed by atoms with van der Waals surface area (Å²) in [6.07, 6.45) is 6.34. The van der Waals surface area contributed by atoms with Crippen molar-refractivity contribution in [2.24, 2.45) is 0 Å². The Hall–Kier alpha value is -2.64. The Kier molecular flexibility index (Phi) is 5.16. The highest BCUT2D eigenvalue weighted by molar-refractivity contribution is 7.86. The van der Waals surface area contributed by atoms with Crippen LogP contribution in [0.5, 0.6) is 0 Å². The first-order chi connectivity index (χ1) is 12.1. The molecule has 6 nitrogen and oxygen atoms in total. The van der Waals surface area contributed by atoms with Crippen molar-refractivity contribution >= 4 is 10.1 Å². The molecule has 0 aliphatic carbocycles. The largest absolute Gasteiger partial charge is 0.297 e. The SMILES string of the molecule is Cc1ccc(S(=O)(=O)OCC(c2ccccn2)c2cnccn2)cc1. The second-order valence-corrected chi connectivity index (χ2v) is 7.10. The number of benzene rings is 1. The van der Waals surface area contributed by atoms with E-state index in [0.29, 0.717) is 11.4 Å². The van der Waals surface area contributed by atoms with E-state index in [2.05, 4.69) is 15.0 Å². The van der Waals surface area contributed by atoms with Crippen molar-refractivity contribution in [1.29, 1.82) is 0 Å². The molecule has 25 heavy (non-hydrogen) atoms. The molecule has 3 aromatic rings. The summed E-state index contributed by atoms with van der Waals surface area (Å²) in [5.74, 6) is -0.435. The highest BCUT2D eigenvalue weighted by atomic mass is 32.2. The van der Waals surface area contributed by atoms with E-state index in [1.165, 1.54) is 12.1 Å². The summed E-state index contributed by atoms with van der Waals surface area (Å²) in [4.78, 5) is 12.7. The lowest BCUT2D eigenvalue weighted by Crippen LogP contribution is -2.16. The van der Waals surface area contributed by atoms with Crippen molar-refractivity contribution in [3.8, 4) is 0 Å². The van der Waals surface area contributed by atoms with Crippen LogP contribution in [0.1, 0.15) is 22.9 Å². The predicted octanol–water partition coefficient (Wildman–Crippen LogP) is 2.72. The number of aromatic nitrogens is 3. The third-order valence-electron chi connectivity index (χ3n) is 3.68. The maximum atomic E-state index is 12.4. The van der Waals surface area contributed by atoms with Gasteiger partial charge in [0.05, 0.1) is 28.8 Å². The Balaban J connectivity index is 1.85. The normalized spacial score (nSPS) is 12.7. The monoisotopic (exact) mass is 355 g/mol. The lowest BCUT2D eigenvalue weighted by molar-refractivity contribution is 0.301. The van der Waals surface area contributed by atoms with Crippen molar-refractivity contribution < 1.29 is 12.6 Å². The molecule has 3 rings (SSSR count). The highest BCUT2D eigenvalue weighted by Gasteiger charge is 2.22. The van der Waals surface area contributed by atoms with Gasteiger partial charge in [0, 0.05) is 24.8 Å². The number of rotatable bonds is 6.